The van der Waals surface area contributed by atoms with Crippen molar-refractivity contribution in [3.8, 4) is 0 Å². The van der Waals surface area contributed by atoms with Gasteiger partial charge >= 0.3 is 0 Å². The summed E-state index contributed by atoms with van der Waals surface area (Å²) in [6, 6.07) is 5.74. The lowest BCUT2D eigenvalue weighted by molar-refractivity contribution is 0.103. The predicted molar refractivity (Wildman–Crippen MR) is 68.6 cm³/mol. The van der Waals surface area contributed by atoms with Gasteiger partial charge in [-0.15, -0.1) is 0 Å². The van der Waals surface area contributed by atoms with E-state index in [0.717, 1.165) is 0 Å². The van der Waals surface area contributed by atoms with Crippen molar-refractivity contribution in [3.63, 3.8) is 0 Å². The first kappa shape index (κ1) is 13.8. The van der Waals surface area contributed by atoms with Gasteiger partial charge in [0.2, 0.25) is 0 Å². The van der Waals surface area contributed by atoms with Crippen LogP contribution in [0.15, 0.2) is 34.8 Å². The first-order chi connectivity index (χ1) is 8.91. The predicted octanol–water partition coefficient (Wildman–Crippen LogP) is 4.41. The zero-order chi connectivity index (χ0) is 14.2. The summed E-state index contributed by atoms with van der Waals surface area (Å²) >= 11 is 3.24. The Balaban J connectivity index is 2.60. The Morgan fingerprint density at radius 3 is 2.26 bits per heavy atom. The Morgan fingerprint density at radius 2 is 1.68 bits per heavy atom. The highest BCUT2D eigenvalue weighted by atomic mass is 79.9. The van der Waals surface area contributed by atoms with Crippen molar-refractivity contribution < 1.29 is 18.0 Å². The lowest BCUT2D eigenvalue weighted by Crippen LogP contribution is -2.10. The van der Waals surface area contributed by atoms with Crippen molar-refractivity contribution in [2.45, 2.75) is 6.92 Å². The zero-order valence-electron chi connectivity index (χ0n) is 9.81. The van der Waals surface area contributed by atoms with Gasteiger partial charge in [-0.1, -0.05) is 28.1 Å². The van der Waals surface area contributed by atoms with Crippen LogP contribution in [0.2, 0.25) is 0 Å². The first-order valence-electron chi connectivity index (χ1n) is 5.36. The monoisotopic (exact) mass is 328 g/mol. The summed E-state index contributed by atoms with van der Waals surface area (Å²) in [5.74, 6) is -4.28. The van der Waals surface area contributed by atoms with Gasteiger partial charge in [-0.3, -0.25) is 4.79 Å². The lowest BCUT2D eigenvalue weighted by Gasteiger charge is -2.08. The molecule has 0 saturated heterocycles. The van der Waals surface area contributed by atoms with Gasteiger partial charge in [0.15, 0.2) is 5.78 Å². The van der Waals surface area contributed by atoms with Crippen molar-refractivity contribution in [2.24, 2.45) is 0 Å². The molecule has 2 rings (SSSR count). The van der Waals surface area contributed by atoms with E-state index in [4.69, 9.17) is 0 Å². The summed E-state index contributed by atoms with van der Waals surface area (Å²) < 4.78 is 40.6. The standard InChI is InChI=1S/C14H8BrF3O/c1-7-9(3-2-4-10(7)15)14(19)13-11(17)5-8(16)6-12(13)18/h2-6H,1H3. The number of hydrogen-bond acceptors (Lipinski definition) is 1. The highest BCUT2D eigenvalue weighted by molar-refractivity contribution is 9.10. The van der Waals surface area contributed by atoms with Crippen molar-refractivity contribution in [1.29, 1.82) is 0 Å². The fraction of sp³-hybridized carbons (Fsp3) is 0.0714. The van der Waals surface area contributed by atoms with Gasteiger partial charge in [-0.2, -0.15) is 0 Å². The van der Waals surface area contributed by atoms with Crippen LogP contribution in [0.1, 0.15) is 21.5 Å². The van der Waals surface area contributed by atoms with E-state index in [9.17, 15) is 18.0 Å². The summed E-state index contributed by atoms with van der Waals surface area (Å²) in [5, 5.41) is 0. The number of halogens is 4. The molecule has 0 fully saturated rings. The fourth-order valence-electron chi connectivity index (χ4n) is 1.75. The molecule has 0 spiro atoms. The van der Waals surface area contributed by atoms with Gasteiger partial charge < -0.3 is 0 Å². The molecule has 1 nitrogen and oxygen atoms in total. The molecule has 0 aliphatic carbocycles. The fourth-order valence-corrected chi connectivity index (χ4v) is 2.11. The van der Waals surface area contributed by atoms with Crippen LogP contribution in [-0.4, -0.2) is 5.78 Å². The van der Waals surface area contributed by atoms with E-state index in [2.05, 4.69) is 15.9 Å². The largest absolute Gasteiger partial charge is 0.288 e. The van der Waals surface area contributed by atoms with Crippen LogP contribution in [-0.2, 0) is 0 Å². The van der Waals surface area contributed by atoms with Gasteiger partial charge in [0.25, 0.3) is 0 Å². The minimum absolute atomic E-state index is 0.166. The molecule has 19 heavy (non-hydrogen) atoms. The number of rotatable bonds is 2. The van der Waals surface area contributed by atoms with E-state index in [1.54, 1.807) is 19.1 Å². The van der Waals surface area contributed by atoms with Crippen molar-refractivity contribution in [2.75, 3.05) is 0 Å². The van der Waals surface area contributed by atoms with Crippen LogP contribution in [0.4, 0.5) is 13.2 Å². The Morgan fingerprint density at radius 1 is 1.11 bits per heavy atom. The highest BCUT2D eigenvalue weighted by Gasteiger charge is 2.22. The summed E-state index contributed by atoms with van der Waals surface area (Å²) in [7, 11) is 0. The molecule has 98 valence electrons. The maximum atomic E-state index is 13.6. The number of benzene rings is 2. The molecule has 2 aromatic carbocycles. The second-order valence-electron chi connectivity index (χ2n) is 3.99. The molecule has 0 amide bonds. The molecule has 0 unspecified atom stereocenters. The second-order valence-corrected chi connectivity index (χ2v) is 4.84. The maximum Gasteiger partial charge on any atom is 0.199 e. The third-order valence-corrected chi connectivity index (χ3v) is 3.61. The van der Waals surface area contributed by atoms with E-state index in [-0.39, 0.29) is 5.56 Å². The summed E-state index contributed by atoms with van der Waals surface area (Å²) in [5.41, 5.74) is -0.0167. The molecule has 0 heterocycles. The van der Waals surface area contributed by atoms with Gasteiger partial charge in [0.1, 0.15) is 17.5 Å². The maximum absolute atomic E-state index is 13.6. The molecule has 0 atom stereocenters. The SMILES string of the molecule is Cc1c(Br)cccc1C(=O)c1c(F)cc(F)cc1F. The third-order valence-electron chi connectivity index (χ3n) is 2.75. The molecule has 5 heteroatoms. The number of carbonyl (C=O) groups is 1. The highest BCUT2D eigenvalue weighted by Crippen LogP contribution is 2.24. The van der Waals surface area contributed by atoms with E-state index >= 15 is 0 Å². The number of carbonyl (C=O) groups excluding carboxylic acids is 1. The second kappa shape index (κ2) is 5.17. The molecular formula is C14H8BrF3O. The van der Waals surface area contributed by atoms with Crippen molar-refractivity contribution in [1.82, 2.24) is 0 Å². The van der Waals surface area contributed by atoms with Crippen LogP contribution < -0.4 is 0 Å². The molecule has 0 aliphatic rings. The van der Waals surface area contributed by atoms with Crippen LogP contribution >= 0.6 is 15.9 Å². The first-order valence-corrected chi connectivity index (χ1v) is 6.15. The van der Waals surface area contributed by atoms with Crippen molar-refractivity contribution >= 4 is 21.7 Å². The van der Waals surface area contributed by atoms with Gasteiger partial charge in [0.05, 0.1) is 5.56 Å². The molecule has 0 aromatic heterocycles. The van der Waals surface area contributed by atoms with Crippen LogP contribution in [0.5, 0.6) is 0 Å². The smallest absolute Gasteiger partial charge is 0.199 e. The zero-order valence-corrected chi connectivity index (χ0v) is 11.4. The summed E-state index contributed by atoms with van der Waals surface area (Å²) in [6.07, 6.45) is 0. The van der Waals surface area contributed by atoms with Crippen LogP contribution in [0, 0.1) is 24.4 Å². The van der Waals surface area contributed by atoms with E-state index in [1.807, 2.05) is 0 Å². The van der Waals surface area contributed by atoms with E-state index in [0.29, 0.717) is 22.2 Å². The Labute approximate surface area is 116 Å². The van der Waals surface area contributed by atoms with E-state index in [1.165, 1.54) is 6.07 Å². The molecule has 0 saturated carbocycles. The summed E-state index contributed by atoms with van der Waals surface area (Å²) in [4.78, 5) is 12.1. The number of hydrogen-bond donors (Lipinski definition) is 0. The number of ketones is 1. The quantitative estimate of drug-likeness (QED) is 0.746. The van der Waals surface area contributed by atoms with Gasteiger partial charge in [-0.25, -0.2) is 13.2 Å². The Hall–Kier alpha value is -1.62. The Bertz CT molecular complexity index is 645. The van der Waals surface area contributed by atoms with Crippen LogP contribution in [0.25, 0.3) is 0 Å². The van der Waals surface area contributed by atoms with Gasteiger partial charge in [0, 0.05) is 22.2 Å². The average molecular weight is 329 g/mol. The minimum Gasteiger partial charge on any atom is -0.288 e. The normalized spacial score (nSPS) is 10.6. The average Bonchev–Trinajstić information content (AvgIpc) is 2.31. The van der Waals surface area contributed by atoms with E-state index < -0.39 is 28.8 Å². The summed E-state index contributed by atoms with van der Waals surface area (Å²) in [6.45, 7) is 1.65. The molecule has 0 aliphatic heterocycles. The third kappa shape index (κ3) is 2.56. The van der Waals surface area contributed by atoms with Gasteiger partial charge in [-0.05, 0) is 18.6 Å². The minimum atomic E-state index is -1.21. The molecule has 2 aromatic rings. The molecule has 0 bridgehead atoms. The molecule has 0 radical (unpaired) electrons. The Kier molecular flexibility index (Phi) is 3.75. The van der Waals surface area contributed by atoms with Crippen molar-refractivity contribution in [3.05, 3.63) is 68.9 Å². The lowest BCUT2D eigenvalue weighted by atomic mass is 9.98. The molecule has 0 N–H and O–H groups in total. The van der Waals surface area contributed by atoms with Crippen LogP contribution in [0.3, 0.4) is 0 Å². The topological polar surface area (TPSA) is 17.1 Å². The molecular weight excluding hydrogens is 321 g/mol.